The van der Waals surface area contributed by atoms with E-state index in [1.54, 1.807) is 0 Å². The second-order valence-electron chi connectivity index (χ2n) is 5.46. The number of carbonyl (C=O) groups is 1. The number of hydrogen-bond acceptors (Lipinski definition) is 4. The fraction of sp³-hybridized carbons (Fsp3) is 0.500. The van der Waals surface area contributed by atoms with Gasteiger partial charge in [0.2, 0.25) is 0 Å². The molecule has 2 rings (SSSR count). The molecular formula is C14H18ClNO4S. The zero-order chi connectivity index (χ0) is 15.6. The van der Waals surface area contributed by atoms with E-state index in [9.17, 15) is 13.2 Å². The molecule has 2 N–H and O–H groups in total. The summed E-state index contributed by atoms with van der Waals surface area (Å²) in [7, 11) is -3.30. The summed E-state index contributed by atoms with van der Waals surface area (Å²) in [4.78, 5) is 11.3. The monoisotopic (exact) mass is 331 g/mol. The predicted octanol–water partition coefficient (Wildman–Crippen LogP) is 2.80. The maximum absolute atomic E-state index is 11.6. The van der Waals surface area contributed by atoms with Crippen LogP contribution < -0.4 is 5.32 Å². The van der Waals surface area contributed by atoms with Crippen LogP contribution in [0.1, 0.15) is 25.7 Å². The van der Waals surface area contributed by atoms with Crippen LogP contribution in [0.2, 0.25) is 5.02 Å². The van der Waals surface area contributed by atoms with Crippen LogP contribution in [0.15, 0.2) is 23.1 Å². The van der Waals surface area contributed by atoms with Crippen molar-refractivity contribution in [1.82, 2.24) is 0 Å². The number of sulfone groups is 1. The van der Waals surface area contributed by atoms with Gasteiger partial charge < -0.3 is 10.4 Å². The van der Waals surface area contributed by atoms with Crippen LogP contribution in [0.5, 0.6) is 0 Å². The third-order valence-electron chi connectivity index (χ3n) is 3.75. The highest BCUT2D eigenvalue weighted by molar-refractivity contribution is 7.90. The van der Waals surface area contributed by atoms with E-state index in [4.69, 9.17) is 16.7 Å². The number of aliphatic carboxylic acids is 1. The summed E-state index contributed by atoms with van der Waals surface area (Å²) >= 11 is 6.09. The standard InChI is InChI=1S/C14H18ClNO4S/c1-21(19,20)11-5-6-12(15)13(8-11)16-10-4-2-3-9(7-10)14(17)18/h5-6,8-10,16H,2-4,7H2,1H3,(H,17,18). The van der Waals surface area contributed by atoms with Gasteiger partial charge in [-0.1, -0.05) is 18.0 Å². The van der Waals surface area contributed by atoms with Crippen molar-refractivity contribution in [3.63, 3.8) is 0 Å². The lowest BCUT2D eigenvalue weighted by Gasteiger charge is -2.28. The molecule has 0 heterocycles. The largest absolute Gasteiger partial charge is 0.481 e. The first-order valence-electron chi connectivity index (χ1n) is 6.76. The van der Waals surface area contributed by atoms with Crippen molar-refractivity contribution in [3.05, 3.63) is 23.2 Å². The lowest BCUT2D eigenvalue weighted by atomic mass is 9.85. The van der Waals surface area contributed by atoms with Crippen LogP contribution in [0.3, 0.4) is 0 Å². The average Bonchev–Trinajstić information content (AvgIpc) is 2.40. The number of anilines is 1. The zero-order valence-corrected chi connectivity index (χ0v) is 13.2. The van der Waals surface area contributed by atoms with Crippen molar-refractivity contribution in [3.8, 4) is 0 Å². The molecule has 21 heavy (non-hydrogen) atoms. The van der Waals surface area contributed by atoms with Gasteiger partial charge in [-0.25, -0.2) is 8.42 Å². The highest BCUT2D eigenvalue weighted by Gasteiger charge is 2.27. The molecule has 0 saturated heterocycles. The Balaban J connectivity index is 2.17. The van der Waals surface area contributed by atoms with Gasteiger partial charge in [0.15, 0.2) is 9.84 Å². The molecule has 2 unspecified atom stereocenters. The number of halogens is 1. The minimum absolute atomic E-state index is 0.00726. The van der Waals surface area contributed by atoms with E-state index in [0.29, 0.717) is 23.6 Å². The number of hydrogen-bond donors (Lipinski definition) is 2. The number of benzene rings is 1. The van der Waals surface area contributed by atoms with E-state index >= 15 is 0 Å². The second-order valence-corrected chi connectivity index (χ2v) is 7.88. The van der Waals surface area contributed by atoms with Crippen molar-refractivity contribution < 1.29 is 18.3 Å². The minimum Gasteiger partial charge on any atom is -0.481 e. The minimum atomic E-state index is -3.30. The summed E-state index contributed by atoms with van der Waals surface area (Å²) < 4.78 is 23.2. The van der Waals surface area contributed by atoms with Crippen LogP contribution in [-0.2, 0) is 14.6 Å². The summed E-state index contributed by atoms with van der Waals surface area (Å²) in [6.45, 7) is 0. The molecule has 116 valence electrons. The Bertz CT molecular complexity index is 644. The predicted molar refractivity (Wildman–Crippen MR) is 81.6 cm³/mol. The molecule has 1 aliphatic carbocycles. The molecular weight excluding hydrogens is 314 g/mol. The first-order valence-corrected chi connectivity index (χ1v) is 9.03. The Morgan fingerprint density at radius 1 is 1.38 bits per heavy atom. The molecule has 1 aliphatic rings. The summed E-state index contributed by atoms with van der Waals surface area (Å²) in [6, 6.07) is 4.50. The van der Waals surface area contributed by atoms with Crippen LogP contribution in [0, 0.1) is 5.92 Å². The van der Waals surface area contributed by atoms with Gasteiger partial charge in [-0.3, -0.25) is 4.79 Å². The second kappa shape index (κ2) is 6.23. The molecule has 5 nitrogen and oxygen atoms in total. The van der Waals surface area contributed by atoms with Gasteiger partial charge in [0.1, 0.15) is 0 Å². The van der Waals surface area contributed by atoms with E-state index in [2.05, 4.69) is 5.32 Å². The van der Waals surface area contributed by atoms with E-state index in [1.807, 2.05) is 0 Å². The van der Waals surface area contributed by atoms with Crippen LogP contribution in [0.25, 0.3) is 0 Å². The van der Waals surface area contributed by atoms with E-state index in [-0.39, 0.29) is 16.9 Å². The molecule has 1 aromatic carbocycles. The summed E-state index contributed by atoms with van der Waals surface area (Å²) in [5.74, 6) is -1.13. The Kier molecular flexibility index (Phi) is 4.78. The molecule has 0 bridgehead atoms. The molecule has 2 atom stereocenters. The van der Waals surface area contributed by atoms with Crippen LogP contribution >= 0.6 is 11.6 Å². The average molecular weight is 332 g/mol. The van der Waals surface area contributed by atoms with E-state index in [0.717, 1.165) is 19.1 Å². The number of rotatable bonds is 4. The van der Waals surface area contributed by atoms with Gasteiger partial charge in [-0.05, 0) is 37.5 Å². The van der Waals surface area contributed by atoms with Crippen molar-refractivity contribution >= 4 is 33.1 Å². The van der Waals surface area contributed by atoms with Gasteiger partial charge in [-0.2, -0.15) is 0 Å². The first kappa shape index (κ1) is 16.1. The fourth-order valence-corrected chi connectivity index (χ4v) is 3.43. The normalized spacial score (nSPS) is 22.8. The summed E-state index contributed by atoms with van der Waals surface area (Å²) in [5.41, 5.74) is 0.538. The zero-order valence-electron chi connectivity index (χ0n) is 11.7. The maximum atomic E-state index is 11.6. The Hall–Kier alpha value is -1.27. The smallest absolute Gasteiger partial charge is 0.306 e. The van der Waals surface area contributed by atoms with Crippen molar-refractivity contribution in [2.45, 2.75) is 36.6 Å². The fourth-order valence-electron chi connectivity index (χ4n) is 2.61. The molecule has 0 radical (unpaired) electrons. The molecule has 7 heteroatoms. The molecule has 1 fully saturated rings. The maximum Gasteiger partial charge on any atom is 0.306 e. The highest BCUT2D eigenvalue weighted by Crippen LogP contribution is 2.31. The topological polar surface area (TPSA) is 83.5 Å². The van der Waals surface area contributed by atoms with Crippen molar-refractivity contribution in [1.29, 1.82) is 0 Å². The van der Waals surface area contributed by atoms with Gasteiger partial charge in [-0.15, -0.1) is 0 Å². The number of carboxylic acids is 1. The SMILES string of the molecule is CS(=O)(=O)c1ccc(Cl)c(NC2CCCC(C(=O)O)C2)c1. The lowest BCUT2D eigenvalue weighted by molar-refractivity contribution is -0.142. The first-order chi connectivity index (χ1) is 9.77. The van der Waals surface area contributed by atoms with Crippen molar-refractivity contribution in [2.24, 2.45) is 5.92 Å². The molecule has 1 saturated carbocycles. The van der Waals surface area contributed by atoms with Gasteiger partial charge in [0.05, 0.1) is 21.5 Å². The van der Waals surface area contributed by atoms with Crippen LogP contribution in [-0.4, -0.2) is 31.8 Å². The van der Waals surface area contributed by atoms with E-state index < -0.39 is 15.8 Å². The molecule has 1 aromatic rings. The van der Waals surface area contributed by atoms with E-state index in [1.165, 1.54) is 18.2 Å². The number of nitrogens with one attached hydrogen (secondary N) is 1. The molecule has 0 aliphatic heterocycles. The molecule has 0 amide bonds. The van der Waals surface area contributed by atoms with Gasteiger partial charge in [0, 0.05) is 12.3 Å². The van der Waals surface area contributed by atoms with Gasteiger partial charge >= 0.3 is 5.97 Å². The Morgan fingerprint density at radius 3 is 2.71 bits per heavy atom. The quantitative estimate of drug-likeness (QED) is 0.886. The third-order valence-corrected chi connectivity index (χ3v) is 5.19. The Labute approximate surface area is 129 Å². The van der Waals surface area contributed by atoms with Gasteiger partial charge in [0.25, 0.3) is 0 Å². The van der Waals surface area contributed by atoms with Crippen molar-refractivity contribution in [2.75, 3.05) is 11.6 Å². The molecule has 0 aromatic heterocycles. The summed E-state index contributed by atoms with van der Waals surface area (Å²) in [6.07, 6.45) is 4.03. The summed E-state index contributed by atoms with van der Waals surface area (Å²) in [5, 5.41) is 12.7. The van der Waals surface area contributed by atoms with Crippen LogP contribution in [0.4, 0.5) is 5.69 Å². The third kappa shape index (κ3) is 4.11. The Morgan fingerprint density at radius 2 is 2.10 bits per heavy atom. The molecule has 0 spiro atoms. The number of carboxylic acid groups (broad SMARTS) is 1. The lowest BCUT2D eigenvalue weighted by Crippen LogP contribution is -2.31. The highest BCUT2D eigenvalue weighted by atomic mass is 35.5.